The number of carbonyl (C=O) groups is 1. The Morgan fingerprint density at radius 2 is 1.94 bits per heavy atom. The van der Waals surface area contributed by atoms with Gasteiger partial charge in [0.15, 0.2) is 0 Å². The number of methoxy groups -OCH3 is 1. The molecular formula is C10H8F5NO2. The van der Waals surface area contributed by atoms with Crippen molar-refractivity contribution in [3.63, 3.8) is 0 Å². The summed E-state index contributed by atoms with van der Waals surface area (Å²) in [5.74, 6) is -1.90. The minimum absolute atomic E-state index is 0.0997. The summed E-state index contributed by atoms with van der Waals surface area (Å²) in [5, 5.41) is 1.50. The Labute approximate surface area is 98.5 Å². The largest absolute Gasteiger partial charge is 0.497 e. The molecule has 0 radical (unpaired) electrons. The summed E-state index contributed by atoms with van der Waals surface area (Å²) in [5.41, 5.74) is -2.00. The molecule has 0 saturated heterocycles. The van der Waals surface area contributed by atoms with Crippen LogP contribution in [-0.2, 0) is 11.0 Å². The van der Waals surface area contributed by atoms with Crippen molar-refractivity contribution >= 4 is 11.6 Å². The minimum Gasteiger partial charge on any atom is -0.497 e. The van der Waals surface area contributed by atoms with Gasteiger partial charge in [0.2, 0.25) is 0 Å². The number of amides is 1. The van der Waals surface area contributed by atoms with E-state index in [2.05, 4.69) is 4.74 Å². The number of carbonyl (C=O) groups excluding carboxylic acids is 1. The molecule has 1 rings (SSSR count). The van der Waals surface area contributed by atoms with Crippen molar-refractivity contribution in [1.82, 2.24) is 0 Å². The van der Waals surface area contributed by atoms with Crippen molar-refractivity contribution in [3.05, 3.63) is 23.8 Å². The molecule has 0 atom stereocenters. The fourth-order valence-corrected chi connectivity index (χ4v) is 1.18. The van der Waals surface area contributed by atoms with Gasteiger partial charge in [-0.05, 0) is 18.2 Å². The SMILES string of the molecule is COc1ccc(NC(=O)C(F)F)c(C(F)(F)F)c1. The Morgan fingerprint density at radius 1 is 1.33 bits per heavy atom. The van der Waals surface area contributed by atoms with E-state index in [1.54, 1.807) is 0 Å². The molecule has 1 aromatic carbocycles. The van der Waals surface area contributed by atoms with Gasteiger partial charge in [0.05, 0.1) is 18.4 Å². The first-order valence-corrected chi connectivity index (χ1v) is 4.60. The van der Waals surface area contributed by atoms with E-state index in [0.29, 0.717) is 6.07 Å². The highest BCUT2D eigenvalue weighted by Crippen LogP contribution is 2.37. The Bertz CT molecular complexity index is 444. The lowest BCUT2D eigenvalue weighted by Crippen LogP contribution is -2.22. The number of halogens is 5. The number of hydrogen-bond acceptors (Lipinski definition) is 2. The van der Waals surface area contributed by atoms with Gasteiger partial charge in [-0.1, -0.05) is 0 Å². The van der Waals surface area contributed by atoms with E-state index >= 15 is 0 Å². The summed E-state index contributed by atoms with van der Waals surface area (Å²) in [6.45, 7) is 0. The third-order valence-electron chi connectivity index (χ3n) is 1.99. The van der Waals surface area contributed by atoms with Crippen LogP contribution >= 0.6 is 0 Å². The van der Waals surface area contributed by atoms with Gasteiger partial charge in [-0.2, -0.15) is 22.0 Å². The van der Waals surface area contributed by atoms with E-state index in [4.69, 9.17) is 0 Å². The lowest BCUT2D eigenvalue weighted by atomic mass is 10.1. The maximum Gasteiger partial charge on any atom is 0.418 e. The number of nitrogens with one attached hydrogen (secondary N) is 1. The third-order valence-corrected chi connectivity index (χ3v) is 1.99. The standard InChI is InChI=1S/C10H8F5NO2/c1-18-5-2-3-7(16-9(17)8(11)12)6(4-5)10(13,14)15/h2-4,8H,1H3,(H,16,17). The average Bonchev–Trinajstić information content (AvgIpc) is 2.27. The van der Waals surface area contributed by atoms with Gasteiger partial charge in [-0.25, -0.2) is 0 Å². The van der Waals surface area contributed by atoms with Gasteiger partial charge in [0.25, 0.3) is 5.91 Å². The molecule has 0 fully saturated rings. The molecule has 1 N–H and O–H groups in total. The van der Waals surface area contributed by atoms with Crippen LogP contribution in [0.1, 0.15) is 5.56 Å². The van der Waals surface area contributed by atoms with Crippen molar-refractivity contribution in [2.45, 2.75) is 12.6 Å². The minimum atomic E-state index is -4.79. The molecule has 3 nitrogen and oxygen atoms in total. The molecule has 18 heavy (non-hydrogen) atoms. The Morgan fingerprint density at radius 3 is 2.39 bits per heavy atom. The maximum absolute atomic E-state index is 12.6. The van der Waals surface area contributed by atoms with E-state index in [9.17, 15) is 26.7 Å². The fraction of sp³-hybridized carbons (Fsp3) is 0.300. The van der Waals surface area contributed by atoms with Gasteiger partial charge in [0.1, 0.15) is 5.75 Å². The second-order valence-electron chi connectivity index (χ2n) is 3.20. The van der Waals surface area contributed by atoms with Crippen LogP contribution in [0.25, 0.3) is 0 Å². The first kappa shape index (κ1) is 14.2. The molecule has 0 heterocycles. The second kappa shape index (κ2) is 5.19. The highest BCUT2D eigenvalue weighted by Gasteiger charge is 2.35. The van der Waals surface area contributed by atoms with Crippen LogP contribution in [0.5, 0.6) is 5.75 Å². The number of ether oxygens (including phenoxy) is 1. The molecule has 0 spiro atoms. The fourth-order valence-electron chi connectivity index (χ4n) is 1.18. The van der Waals surface area contributed by atoms with E-state index in [1.165, 1.54) is 5.32 Å². The van der Waals surface area contributed by atoms with Crippen molar-refractivity contribution in [2.24, 2.45) is 0 Å². The quantitative estimate of drug-likeness (QED) is 0.857. The van der Waals surface area contributed by atoms with Gasteiger partial charge >= 0.3 is 12.6 Å². The van der Waals surface area contributed by atoms with E-state index in [0.717, 1.165) is 19.2 Å². The summed E-state index contributed by atoms with van der Waals surface area (Å²) in [4.78, 5) is 10.7. The van der Waals surface area contributed by atoms with Crippen LogP contribution in [0.15, 0.2) is 18.2 Å². The Hall–Kier alpha value is -1.86. The van der Waals surface area contributed by atoms with Crippen LogP contribution in [0.2, 0.25) is 0 Å². The molecule has 1 aromatic rings. The third kappa shape index (κ3) is 3.31. The van der Waals surface area contributed by atoms with E-state index in [1.807, 2.05) is 0 Å². The summed E-state index contributed by atoms with van der Waals surface area (Å²) >= 11 is 0. The maximum atomic E-state index is 12.6. The zero-order valence-corrected chi connectivity index (χ0v) is 9.02. The molecule has 8 heteroatoms. The number of benzene rings is 1. The Kier molecular flexibility index (Phi) is 4.10. The van der Waals surface area contributed by atoms with Crippen LogP contribution in [0.3, 0.4) is 0 Å². The summed E-state index contributed by atoms with van der Waals surface area (Å²) in [6, 6.07) is 2.58. The number of hydrogen-bond donors (Lipinski definition) is 1. The zero-order valence-electron chi connectivity index (χ0n) is 9.02. The van der Waals surface area contributed by atoms with Crippen molar-refractivity contribution in [2.75, 3.05) is 12.4 Å². The van der Waals surface area contributed by atoms with Crippen LogP contribution in [0, 0.1) is 0 Å². The first-order valence-electron chi connectivity index (χ1n) is 4.60. The van der Waals surface area contributed by atoms with Crippen molar-refractivity contribution in [1.29, 1.82) is 0 Å². The van der Waals surface area contributed by atoms with Crippen molar-refractivity contribution in [3.8, 4) is 5.75 Å². The lowest BCUT2D eigenvalue weighted by molar-refractivity contribution is -0.137. The predicted molar refractivity (Wildman–Crippen MR) is 52.6 cm³/mol. The average molecular weight is 269 g/mol. The van der Waals surface area contributed by atoms with Crippen molar-refractivity contribution < 1.29 is 31.5 Å². The molecule has 0 aliphatic rings. The monoisotopic (exact) mass is 269 g/mol. The van der Waals surface area contributed by atoms with Gasteiger partial charge in [0, 0.05) is 0 Å². The zero-order chi connectivity index (χ0) is 13.9. The molecule has 0 aromatic heterocycles. The highest BCUT2D eigenvalue weighted by atomic mass is 19.4. The molecule has 0 unspecified atom stereocenters. The molecule has 1 amide bonds. The molecule has 0 aliphatic heterocycles. The molecule has 0 aliphatic carbocycles. The molecule has 100 valence electrons. The van der Waals surface area contributed by atoms with Gasteiger partial charge in [-0.3, -0.25) is 4.79 Å². The Balaban J connectivity index is 3.15. The lowest BCUT2D eigenvalue weighted by Gasteiger charge is -2.14. The first-order chi connectivity index (χ1) is 8.25. The molecule has 0 bridgehead atoms. The molecular weight excluding hydrogens is 261 g/mol. The smallest absolute Gasteiger partial charge is 0.418 e. The van der Waals surface area contributed by atoms with Crippen LogP contribution in [0.4, 0.5) is 27.6 Å². The molecule has 0 saturated carbocycles. The summed E-state index contributed by atoms with van der Waals surface area (Å²) < 4.78 is 66.4. The summed E-state index contributed by atoms with van der Waals surface area (Å²) in [7, 11) is 1.16. The van der Waals surface area contributed by atoms with E-state index < -0.39 is 29.8 Å². The second-order valence-corrected chi connectivity index (χ2v) is 3.20. The van der Waals surface area contributed by atoms with E-state index in [-0.39, 0.29) is 5.75 Å². The number of rotatable bonds is 3. The van der Waals surface area contributed by atoms with Gasteiger partial charge in [-0.15, -0.1) is 0 Å². The van der Waals surface area contributed by atoms with Crippen LogP contribution in [-0.4, -0.2) is 19.4 Å². The predicted octanol–water partition coefficient (Wildman–Crippen LogP) is 2.92. The number of alkyl halides is 5. The normalized spacial score (nSPS) is 11.5. The van der Waals surface area contributed by atoms with Crippen LogP contribution < -0.4 is 10.1 Å². The summed E-state index contributed by atoms with van der Waals surface area (Å²) in [6.07, 6.45) is -8.19. The van der Waals surface area contributed by atoms with Gasteiger partial charge < -0.3 is 10.1 Å². The number of anilines is 1. The topological polar surface area (TPSA) is 38.3 Å². The highest BCUT2D eigenvalue weighted by molar-refractivity contribution is 5.94.